The molecule has 0 atom stereocenters. The molecular weight excluding hydrogens is 268 g/mol. The van der Waals surface area contributed by atoms with E-state index < -0.39 is 15.9 Å². The van der Waals surface area contributed by atoms with Crippen LogP contribution in [-0.2, 0) is 16.4 Å². The molecule has 0 aliphatic carbocycles. The number of nitrogens with two attached hydrogens (primary N) is 1. The number of hydrogen-bond donors (Lipinski definition) is 3. The Hall–Kier alpha value is -1.41. The number of hydrogen-bond acceptors (Lipinski definition) is 4. The largest absolute Gasteiger partial charge is 0.348 e. The van der Waals surface area contributed by atoms with E-state index in [4.69, 9.17) is 5.14 Å². The Morgan fingerprint density at radius 3 is 2.37 bits per heavy atom. The lowest BCUT2D eigenvalue weighted by molar-refractivity contribution is 0.0926. The minimum Gasteiger partial charge on any atom is -0.348 e. The van der Waals surface area contributed by atoms with Crippen molar-refractivity contribution in [2.45, 2.75) is 51.0 Å². The Balaban J connectivity index is 3.14. The summed E-state index contributed by atoms with van der Waals surface area (Å²) in [4.78, 5) is 11.8. The lowest BCUT2D eigenvalue weighted by atomic mass is 10.1. The van der Waals surface area contributed by atoms with Gasteiger partial charge in [-0.1, -0.05) is 20.8 Å². The fourth-order valence-electron chi connectivity index (χ4n) is 1.81. The van der Waals surface area contributed by atoms with Crippen molar-refractivity contribution >= 4 is 15.9 Å². The van der Waals surface area contributed by atoms with Crippen LogP contribution in [0.2, 0.25) is 0 Å². The molecule has 0 aromatic carbocycles. The van der Waals surface area contributed by atoms with Crippen LogP contribution >= 0.6 is 0 Å². The third-order valence-corrected chi connectivity index (χ3v) is 3.97. The molecule has 1 rings (SSSR count). The zero-order valence-corrected chi connectivity index (χ0v) is 12.2. The third kappa shape index (κ3) is 3.54. The molecule has 0 fully saturated rings. The Morgan fingerprint density at radius 2 is 1.95 bits per heavy atom. The lowest BCUT2D eigenvalue weighted by Crippen LogP contribution is -2.35. The van der Waals surface area contributed by atoms with Crippen molar-refractivity contribution in [1.29, 1.82) is 0 Å². The van der Waals surface area contributed by atoms with Crippen LogP contribution in [0.15, 0.2) is 4.90 Å². The topological polar surface area (TPSA) is 118 Å². The Bertz CT molecular complexity index is 546. The maximum atomic E-state index is 12.1. The molecule has 1 heterocycles. The van der Waals surface area contributed by atoms with E-state index in [-0.39, 0.29) is 16.6 Å². The summed E-state index contributed by atoms with van der Waals surface area (Å²) in [6.45, 7) is 5.64. The number of aryl methyl sites for hydroxylation is 1. The highest BCUT2D eigenvalue weighted by molar-refractivity contribution is 7.89. The van der Waals surface area contributed by atoms with Crippen LogP contribution in [0.3, 0.4) is 0 Å². The molecule has 8 heteroatoms. The van der Waals surface area contributed by atoms with Gasteiger partial charge < -0.3 is 5.32 Å². The standard InChI is InChI=1S/C11H20N4O3S/c1-4-7(5-2)13-11(16)9-10(19(12,17)18)8(6-3)14-15-9/h7H,4-6H2,1-3H3,(H,13,16)(H,14,15)(H2,12,17,18). The van der Waals surface area contributed by atoms with Gasteiger partial charge in [0.1, 0.15) is 4.90 Å². The molecule has 0 aliphatic rings. The van der Waals surface area contributed by atoms with Gasteiger partial charge in [-0.3, -0.25) is 9.89 Å². The second-order valence-corrected chi connectivity index (χ2v) is 5.76. The predicted molar refractivity (Wildman–Crippen MR) is 71.2 cm³/mol. The molecule has 7 nitrogen and oxygen atoms in total. The van der Waals surface area contributed by atoms with Gasteiger partial charge in [0.15, 0.2) is 5.69 Å². The zero-order chi connectivity index (χ0) is 14.6. The van der Waals surface area contributed by atoms with Gasteiger partial charge in [-0.05, 0) is 19.3 Å². The molecule has 0 saturated carbocycles. The van der Waals surface area contributed by atoms with Gasteiger partial charge in [-0.25, -0.2) is 13.6 Å². The van der Waals surface area contributed by atoms with Gasteiger partial charge in [0.25, 0.3) is 5.91 Å². The van der Waals surface area contributed by atoms with Crippen LogP contribution in [0.25, 0.3) is 0 Å². The highest BCUT2D eigenvalue weighted by Gasteiger charge is 2.27. The van der Waals surface area contributed by atoms with Crippen LogP contribution in [0.4, 0.5) is 0 Å². The fraction of sp³-hybridized carbons (Fsp3) is 0.636. The van der Waals surface area contributed by atoms with Gasteiger partial charge in [0.2, 0.25) is 10.0 Å². The monoisotopic (exact) mass is 288 g/mol. The molecule has 1 aromatic rings. The number of amides is 1. The molecule has 0 saturated heterocycles. The first-order valence-corrected chi connectivity index (χ1v) is 7.80. The van der Waals surface area contributed by atoms with Crippen molar-refractivity contribution in [3.8, 4) is 0 Å². The lowest BCUT2D eigenvalue weighted by Gasteiger charge is -2.13. The van der Waals surface area contributed by atoms with Crippen LogP contribution in [0.5, 0.6) is 0 Å². The summed E-state index contributed by atoms with van der Waals surface area (Å²) in [7, 11) is -3.98. The maximum absolute atomic E-state index is 12.1. The average molecular weight is 288 g/mol. The molecule has 0 spiro atoms. The number of aromatic nitrogens is 2. The molecule has 4 N–H and O–H groups in total. The quantitative estimate of drug-likeness (QED) is 0.707. The number of nitrogens with zero attached hydrogens (tertiary/aromatic N) is 1. The zero-order valence-electron chi connectivity index (χ0n) is 11.4. The summed E-state index contributed by atoms with van der Waals surface area (Å²) in [5.41, 5.74) is 0.184. The molecule has 0 radical (unpaired) electrons. The molecule has 1 amide bonds. The predicted octanol–water partition coefficient (Wildman–Crippen LogP) is 0.538. The first-order chi connectivity index (χ1) is 8.85. The van der Waals surface area contributed by atoms with Crippen molar-refractivity contribution < 1.29 is 13.2 Å². The van der Waals surface area contributed by atoms with E-state index in [1.54, 1.807) is 6.92 Å². The molecule has 0 aliphatic heterocycles. The highest BCUT2D eigenvalue weighted by atomic mass is 32.2. The van der Waals surface area contributed by atoms with E-state index in [0.717, 1.165) is 12.8 Å². The first kappa shape index (κ1) is 15.6. The summed E-state index contributed by atoms with van der Waals surface area (Å²) in [5.74, 6) is -0.520. The van der Waals surface area contributed by atoms with Crippen LogP contribution in [0.1, 0.15) is 49.8 Å². The number of carbonyl (C=O) groups excluding carboxylic acids is 1. The Morgan fingerprint density at radius 1 is 1.37 bits per heavy atom. The molecule has 1 aromatic heterocycles. The van der Waals surface area contributed by atoms with Gasteiger partial charge in [-0.15, -0.1) is 0 Å². The number of rotatable bonds is 6. The third-order valence-electron chi connectivity index (χ3n) is 2.97. The summed E-state index contributed by atoms with van der Waals surface area (Å²) < 4.78 is 23.1. The normalized spacial score (nSPS) is 11.8. The van der Waals surface area contributed by atoms with Crippen molar-refractivity contribution in [3.05, 3.63) is 11.4 Å². The van der Waals surface area contributed by atoms with Crippen molar-refractivity contribution in [3.63, 3.8) is 0 Å². The van der Waals surface area contributed by atoms with E-state index in [2.05, 4.69) is 15.5 Å². The summed E-state index contributed by atoms with van der Waals surface area (Å²) in [6.07, 6.45) is 1.92. The minimum absolute atomic E-state index is 0.0115. The number of primary sulfonamides is 1. The molecule has 19 heavy (non-hydrogen) atoms. The molecule has 108 valence electrons. The van der Waals surface area contributed by atoms with Crippen molar-refractivity contribution in [1.82, 2.24) is 15.5 Å². The molecule has 0 unspecified atom stereocenters. The van der Waals surface area contributed by atoms with Gasteiger partial charge >= 0.3 is 0 Å². The molecular formula is C11H20N4O3S. The van der Waals surface area contributed by atoms with E-state index in [0.29, 0.717) is 12.1 Å². The number of nitrogens with one attached hydrogen (secondary N) is 2. The van der Waals surface area contributed by atoms with Crippen LogP contribution < -0.4 is 10.5 Å². The summed E-state index contributed by atoms with van der Waals surface area (Å²) in [5, 5.41) is 14.2. The van der Waals surface area contributed by atoms with Crippen molar-refractivity contribution in [2.75, 3.05) is 0 Å². The Labute approximate surface area is 113 Å². The summed E-state index contributed by atoms with van der Waals surface area (Å²) >= 11 is 0. The van der Waals surface area contributed by atoms with E-state index in [1.165, 1.54) is 0 Å². The van der Waals surface area contributed by atoms with Gasteiger partial charge in [0, 0.05) is 6.04 Å². The van der Waals surface area contributed by atoms with Crippen LogP contribution in [0, 0.1) is 0 Å². The maximum Gasteiger partial charge on any atom is 0.273 e. The number of carbonyl (C=O) groups is 1. The van der Waals surface area contributed by atoms with E-state index >= 15 is 0 Å². The minimum atomic E-state index is -3.98. The first-order valence-electron chi connectivity index (χ1n) is 6.25. The smallest absolute Gasteiger partial charge is 0.273 e. The SMILES string of the molecule is CCc1[nH]nc(C(=O)NC(CC)CC)c1S(N)(=O)=O. The second kappa shape index (κ2) is 6.16. The second-order valence-electron chi connectivity index (χ2n) is 4.27. The molecule has 0 bridgehead atoms. The van der Waals surface area contributed by atoms with Crippen molar-refractivity contribution in [2.24, 2.45) is 5.14 Å². The Kier molecular flexibility index (Phi) is 5.07. The van der Waals surface area contributed by atoms with E-state index in [1.807, 2.05) is 13.8 Å². The van der Waals surface area contributed by atoms with Gasteiger partial charge in [-0.2, -0.15) is 5.10 Å². The fourth-order valence-corrected chi connectivity index (χ4v) is 2.76. The summed E-state index contributed by atoms with van der Waals surface area (Å²) in [6, 6.07) is -0.0115. The van der Waals surface area contributed by atoms with E-state index in [9.17, 15) is 13.2 Å². The average Bonchev–Trinajstić information content (AvgIpc) is 2.79. The number of aromatic amines is 1. The number of H-pyrrole nitrogens is 1. The number of sulfonamides is 1. The van der Waals surface area contributed by atoms with Crippen LogP contribution in [-0.4, -0.2) is 30.6 Å². The highest BCUT2D eigenvalue weighted by Crippen LogP contribution is 2.17. The van der Waals surface area contributed by atoms with Gasteiger partial charge in [0.05, 0.1) is 5.69 Å².